The van der Waals surface area contributed by atoms with Crippen molar-refractivity contribution in [2.45, 2.75) is 6.42 Å². The first-order chi connectivity index (χ1) is 9.63. The molecule has 104 valence electrons. The third kappa shape index (κ3) is 4.72. The minimum absolute atomic E-state index is 0.186. The number of rotatable bonds is 5. The predicted molar refractivity (Wildman–Crippen MR) is 79.4 cm³/mol. The lowest BCUT2D eigenvalue weighted by Crippen LogP contribution is -2.15. The molecule has 0 spiro atoms. The van der Waals surface area contributed by atoms with Crippen molar-refractivity contribution in [2.75, 3.05) is 11.9 Å². The number of amides is 1. The van der Waals surface area contributed by atoms with Crippen LogP contribution >= 0.6 is 23.2 Å². The van der Waals surface area contributed by atoms with E-state index >= 15 is 0 Å². The van der Waals surface area contributed by atoms with E-state index in [0.29, 0.717) is 21.6 Å². The van der Waals surface area contributed by atoms with E-state index < -0.39 is 0 Å². The van der Waals surface area contributed by atoms with Crippen LogP contribution in [0.2, 0.25) is 10.0 Å². The van der Waals surface area contributed by atoms with Crippen molar-refractivity contribution in [3.05, 3.63) is 52.6 Å². The molecule has 0 aliphatic carbocycles. The summed E-state index contributed by atoms with van der Waals surface area (Å²) < 4.78 is 5.43. The molecule has 1 amide bonds. The minimum atomic E-state index is -0.186. The maximum absolute atomic E-state index is 11.7. The maximum Gasteiger partial charge on any atom is 0.228 e. The Kier molecular flexibility index (Phi) is 5.21. The number of carbonyl (C=O) groups is 1. The van der Waals surface area contributed by atoms with Gasteiger partial charge in [0.25, 0.3) is 0 Å². The largest absolute Gasteiger partial charge is 0.493 e. The number of pyridine rings is 1. The van der Waals surface area contributed by atoms with E-state index in [4.69, 9.17) is 27.9 Å². The van der Waals surface area contributed by atoms with E-state index in [2.05, 4.69) is 10.3 Å². The lowest BCUT2D eigenvalue weighted by molar-refractivity contribution is -0.116. The molecule has 0 aliphatic rings. The van der Waals surface area contributed by atoms with Crippen molar-refractivity contribution in [3.63, 3.8) is 0 Å². The first-order valence-electron chi connectivity index (χ1n) is 5.93. The molecule has 0 unspecified atom stereocenters. The second kappa shape index (κ2) is 7.12. The van der Waals surface area contributed by atoms with Gasteiger partial charge in [-0.2, -0.15) is 0 Å². The van der Waals surface area contributed by atoms with Gasteiger partial charge < -0.3 is 10.1 Å². The monoisotopic (exact) mass is 310 g/mol. The summed E-state index contributed by atoms with van der Waals surface area (Å²) in [6.07, 6.45) is 1.75. The van der Waals surface area contributed by atoms with Crippen molar-refractivity contribution in [2.24, 2.45) is 0 Å². The van der Waals surface area contributed by atoms with E-state index in [1.165, 1.54) is 6.20 Å². The molecule has 1 aromatic carbocycles. The van der Waals surface area contributed by atoms with Gasteiger partial charge in [0.2, 0.25) is 5.91 Å². The average Bonchev–Trinajstić information content (AvgIpc) is 2.41. The number of aromatic nitrogens is 1. The minimum Gasteiger partial charge on any atom is -0.493 e. The first-order valence-corrected chi connectivity index (χ1v) is 6.69. The van der Waals surface area contributed by atoms with Crippen molar-refractivity contribution in [1.29, 1.82) is 0 Å². The number of hydrogen-bond acceptors (Lipinski definition) is 3. The van der Waals surface area contributed by atoms with E-state index in [0.717, 1.165) is 0 Å². The summed E-state index contributed by atoms with van der Waals surface area (Å²) in [6.45, 7) is 0.272. The van der Waals surface area contributed by atoms with Crippen LogP contribution in [0.4, 0.5) is 5.82 Å². The highest BCUT2D eigenvalue weighted by atomic mass is 35.5. The summed E-state index contributed by atoms with van der Waals surface area (Å²) >= 11 is 11.6. The summed E-state index contributed by atoms with van der Waals surface area (Å²) in [5.74, 6) is 0.908. The fraction of sp³-hybridized carbons (Fsp3) is 0.143. The van der Waals surface area contributed by atoms with Gasteiger partial charge in [0.15, 0.2) is 0 Å². The van der Waals surface area contributed by atoms with Gasteiger partial charge in [0, 0.05) is 16.2 Å². The zero-order valence-electron chi connectivity index (χ0n) is 10.5. The topological polar surface area (TPSA) is 51.2 Å². The van der Waals surface area contributed by atoms with E-state index in [-0.39, 0.29) is 18.9 Å². The van der Waals surface area contributed by atoms with Crippen LogP contribution in [0.1, 0.15) is 6.42 Å². The lowest BCUT2D eigenvalue weighted by atomic mass is 10.3. The molecule has 0 saturated heterocycles. The molecular weight excluding hydrogens is 299 g/mol. The van der Waals surface area contributed by atoms with Gasteiger partial charge in [0.1, 0.15) is 11.6 Å². The van der Waals surface area contributed by atoms with Crippen molar-refractivity contribution in [3.8, 4) is 5.75 Å². The summed E-state index contributed by atoms with van der Waals surface area (Å²) in [6, 6.07) is 10.2. The third-order valence-electron chi connectivity index (χ3n) is 2.40. The Balaban J connectivity index is 1.76. The van der Waals surface area contributed by atoms with Crippen LogP contribution in [-0.4, -0.2) is 17.5 Å². The zero-order chi connectivity index (χ0) is 14.4. The Hall–Kier alpha value is -1.78. The molecule has 0 saturated carbocycles. The van der Waals surface area contributed by atoms with Gasteiger partial charge in [-0.15, -0.1) is 0 Å². The molecule has 2 aromatic rings. The number of ether oxygens (including phenoxy) is 1. The van der Waals surface area contributed by atoms with Crippen molar-refractivity contribution < 1.29 is 9.53 Å². The van der Waals surface area contributed by atoms with Crippen LogP contribution < -0.4 is 10.1 Å². The van der Waals surface area contributed by atoms with Gasteiger partial charge in [-0.05, 0) is 36.4 Å². The van der Waals surface area contributed by atoms with Gasteiger partial charge in [-0.25, -0.2) is 4.98 Å². The number of carbonyl (C=O) groups excluding carboxylic acids is 1. The highest BCUT2D eigenvalue weighted by Gasteiger charge is 2.04. The summed E-state index contributed by atoms with van der Waals surface area (Å²) in [5.41, 5.74) is 0. The van der Waals surface area contributed by atoms with Crippen LogP contribution in [-0.2, 0) is 4.79 Å². The molecule has 0 atom stereocenters. The van der Waals surface area contributed by atoms with Gasteiger partial charge in [-0.3, -0.25) is 4.79 Å². The molecule has 4 nitrogen and oxygen atoms in total. The van der Waals surface area contributed by atoms with E-state index in [1.54, 1.807) is 36.4 Å². The first kappa shape index (κ1) is 14.6. The molecule has 1 heterocycles. The Morgan fingerprint density at radius 3 is 2.60 bits per heavy atom. The number of nitrogens with zero attached hydrogens (tertiary/aromatic N) is 1. The van der Waals surface area contributed by atoms with Gasteiger partial charge in [0.05, 0.1) is 13.0 Å². The normalized spacial score (nSPS) is 10.1. The number of anilines is 1. The SMILES string of the molecule is O=C(CCOc1ccc(Cl)cc1)Nc1cc(Cl)ccn1. The number of halogens is 2. The van der Waals surface area contributed by atoms with E-state index in [9.17, 15) is 4.79 Å². The molecule has 20 heavy (non-hydrogen) atoms. The van der Waals surface area contributed by atoms with Crippen LogP contribution in [0.15, 0.2) is 42.6 Å². The lowest BCUT2D eigenvalue weighted by Gasteiger charge is -2.07. The Bertz CT molecular complexity index is 588. The average molecular weight is 311 g/mol. The quantitative estimate of drug-likeness (QED) is 0.914. The van der Waals surface area contributed by atoms with Crippen molar-refractivity contribution in [1.82, 2.24) is 4.98 Å². The number of hydrogen-bond donors (Lipinski definition) is 1. The fourth-order valence-electron chi connectivity index (χ4n) is 1.47. The van der Waals surface area contributed by atoms with Gasteiger partial charge >= 0.3 is 0 Å². The van der Waals surface area contributed by atoms with Crippen LogP contribution in [0.25, 0.3) is 0 Å². The van der Waals surface area contributed by atoms with Crippen LogP contribution in [0, 0.1) is 0 Å². The molecule has 1 aromatic heterocycles. The predicted octanol–water partition coefficient (Wildman–Crippen LogP) is 3.80. The Morgan fingerprint density at radius 2 is 1.90 bits per heavy atom. The number of benzene rings is 1. The summed E-state index contributed by atoms with van der Waals surface area (Å²) in [4.78, 5) is 15.7. The Morgan fingerprint density at radius 1 is 1.15 bits per heavy atom. The van der Waals surface area contributed by atoms with Crippen molar-refractivity contribution >= 4 is 34.9 Å². The molecule has 2 rings (SSSR count). The summed E-state index contributed by atoms with van der Waals surface area (Å²) in [5, 5.41) is 3.80. The zero-order valence-corrected chi connectivity index (χ0v) is 12.0. The molecule has 0 bridgehead atoms. The highest BCUT2D eigenvalue weighted by molar-refractivity contribution is 6.31. The Labute approximate surface area is 126 Å². The molecule has 0 aliphatic heterocycles. The second-order valence-corrected chi connectivity index (χ2v) is 4.83. The molecule has 0 radical (unpaired) electrons. The second-order valence-electron chi connectivity index (χ2n) is 3.96. The van der Waals surface area contributed by atoms with Crippen LogP contribution in [0.3, 0.4) is 0 Å². The standard InChI is InChI=1S/C14H12Cl2N2O2/c15-10-1-3-12(4-2-10)20-8-6-14(19)18-13-9-11(16)5-7-17-13/h1-5,7,9H,6,8H2,(H,17,18,19). The third-order valence-corrected chi connectivity index (χ3v) is 2.89. The van der Waals surface area contributed by atoms with E-state index in [1.807, 2.05) is 0 Å². The molecule has 6 heteroatoms. The highest BCUT2D eigenvalue weighted by Crippen LogP contribution is 2.16. The fourth-order valence-corrected chi connectivity index (χ4v) is 1.76. The van der Waals surface area contributed by atoms with Gasteiger partial charge in [-0.1, -0.05) is 23.2 Å². The smallest absolute Gasteiger partial charge is 0.228 e. The maximum atomic E-state index is 11.7. The van der Waals surface area contributed by atoms with Crippen LogP contribution in [0.5, 0.6) is 5.75 Å². The summed E-state index contributed by atoms with van der Waals surface area (Å²) in [7, 11) is 0. The molecule has 1 N–H and O–H groups in total. The molecular formula is C14H12Cl2N2O2. The molecule has 0 fully saturated rings. The number of nitrogens with one attached hydrogen (secondary N) is 1.